The maximum Gasteiger partial charge on any atom is 0.254 e. The molecule has 0 aromatic carbocycles. The second-order valence-electron chi connectivity index (χ2n) is 6.27. The molecule has 6 heteroatoms. The predicted molar refractivity (Wildman–Crippen MR) is 81.3 cm³/mol. The molecule has 0 spiro atoms. The van der Waals surface area contributed by atoms with Gasteiger partial charge in [-0.2, -0.15) is 5.10 Å². The molecule has 0 saturated heterocycles. The Kier molecular flexibility index (Phi) is 4.00. The van der Waals surface area contributed by atoms with Crippen LogP contribution in [0, 0.1) is 6.92 Å². The summed E-state index contributed by atoms with van der Waals surface area (Å²) in [7, 11) is 1.85. The Morgan fingerprint density at radius 3 is 2.57 bits per heavy atom. The molecule has 2 aromatic heterocycles. The lowest BCUT2D eigenvalue weighted by molar-refractivity contribution is 0.298. The van der Waals surface area contributed by atoms with E-state index in [1.54, 1.807) is 11.6 Å². The monoisotopic (exact) mass is 290 g/mol. The van der Waals surface area contributed by atoms with Crippen molar-refractivity contribution in [3.8, 4) is 11.4 Å². The van der Waals surface area contributed by atoms with Crippen LogP contribution >= 0.6 is 0 Å². The quantitative estimate of drug-likeness (QED) is 0.892. The summed E-state index contributed by atoms with van der Waals surface area (Å²) in [6, 6.07) is 0. The van der Waals surface area contributed by atoms with Gasteiger partial charge >= 0.3 is 0 Å². The van der Waals surface area contributed by atoms with Gasteiger partial charge in [0.1, 0.15) is 5.82 Å². The van der Waals surface area contributed by atoms with Crippen molar-refractivity contribution >= 4 is 0 Å². The van der Waals surface area contributed by atoms with Crippen molar-refractivity contribution in [1.82, 2.24) is 19.7 Å². The van der Waals surface area contributed by atoms with Gasteiger partial charge in [0, 0.05) is 42.9 Å². The maximum absolute atomic E-state index is 12.2. The largest absolute Gasteiger partial charge is 0.396 e. The van der Waals surface area contributed by atoms with E-state index in [0.29, 0.717) is 23.5 Å². The van der Waals surface area contributed by atoms with Crippen LogP contribution in [0.2, 0.25) is 0 Å². The topological polar surface area (TPSA) is 83.8 Å². The van der Waals surface area contributed by atoms with Gasteiger partial charge in [0.2, 0.25) is 0 Å². The fourth-order valence-electron chi connectivity index (χ4n) is 2.36. The van der Waals surface area contributed by atoms with Gasteiger partial charge in [0.25, 0.3) is 5.56 Å². The van der Waals surface area contributed by atoms with Gasteiger partial charge in [-0.15, -0.1) is 0 Å². The number of aliphatic hydroxyl groups is 1. The van der Waals surface area contributed by atoms with Gasteiger partial charge in [0.15, 0.2) is 0 Å². The number of hydrogen-bond donors (Lipinski definition) is 2. The van der Waals surface area contributed by atoms with Crippen LogP contribution in [0.4, 0.5) is 0 Å². The number of nitrogens with zero attached hydrogens (tertiary/aromatic N) is 3. The molecular formula is C15H22N4O2. The van der Waals surface area contributed by atoms with Crippen molar-refractivity contribution in [2.45, 2.75) is 39.5 Å². The molecule has 21 heavy (non-hydrogen) atoms. The number of H-pyrrole nitrogens is 1. The van der Waals surface area contributed by atoms with Crippen LogP contribution in [0.5, 0.6) is 0 Å². The van der Waals surface area contributed by atoms with Crippen molar-refractivity contribution in [3.05, 3.63) is 33.5 Å². The summed E-state index contributed by atoms with van der Waals surface area (Å²) in [5.41, 5.74) is 2.56. The molecule has 2 heterocycles. The average Bonchev–Trinajstić information content (AvgIpc) is 2.75. The highest BCUT2D eigenvalue weighted by Gasteiger charge is 2.24. The maximum atomic E-state index is 12.2. The van der Waals surface area contributed by atoms with Crippen LogP contribution in [-0.4, -0.2) is 31.5 Å². The van der Waals surface area contributed by atoms with E-state index in [1.165, 1.54) is 0 Å². The standard InChI is InChI=1S/C15H22N4O2/c1-9-10(6-7-20)14(21)17-13(16-9)11-8-19(5)18-12(11)15(2,3)4/h8,20H,6-7H2,1-5H3,(H,16,17,21). The summed E-state index contributed by atoms with van der Waals surface area (Å²) < 4.78 is 1.73. The molecule has 2 N–H and O–H groups in total. The molecule has 0 aliphatic heterocycles. The van der Waals surface area contributed by atoms with Gasteiger partial charge in [0.05, 0.1) is 11.3 Å². The number of hydrogen-bond acceptors (Lipinski definition) is 4. The molecule has 0 fully saturated rings. The van der Waals surface area contributed by atoms with Crippen LogP contribution in [-0.2, 0) is 18.9 Å². The Morgan fingerprint density at radius 1 is 1.38 bits per heavy atom. The Bertz CT molecular complexity index is 707. The molecule has 0 unspecified atom stereocenters. The fourth-order valence-corrected chi connectivity index (χ4v) is 2.36. The lowest BCUT2D eigenvalue weighted by Crippen LogP contribution is -2.20. The predicted octanol–water partition coefficient (Wildman–Crippen LogP) is 1.31. The van der Waals surface area contributed by atoms with E-state index in [2.05, 4.69) is 35.8 Å². The van der Waals surface area contributed by atoms with Gasteiger partial charge in [-0.1, -0.05) is 20.8 Å². The first-order valence-electron chi connectivity index (χ1n) is 6.99. The van der Waals surface area contributed by atoms with Gasteiger partial charge in [-0.3, -0.25) is 9.48 Å². The summed E-state index contributed by atoms with van der Waals surface area (Å²) >= 11 is 0. The van der Waals surface area contributed by atoms with Crippen molar-refractivity contribution in [3.63, 3.8) is 0 Å². The molecule has 0 aliphatic rings. The minimum absolute atomic E-state index is 0.0644. The lowest BCUT2D eigenvalue weighted by Gasteiger charge is -2.17. The number of nitrogens with one attached hydrogen (secondary N) is 1. The highest BCUT2D eigenvalue weighted by atomic mass is 16.3. The van der Waals surface area contributed by atoms with E-state index in [-0.39, 0.29) is 17.6 Å². The van der Waals surface area contributed by atoms with E-state index >= 15 is 0 Å². The number of aromatic nitrogens is 4. The molecule has 0 bridgehead atoms. The van der Waals surface area contributed by atoms with Crippen LogP contribution in [0.3, 0.4) is 0 Å². The third-order valence-electron chi connectivity index (χ3n) is 3.38. The fraction of sp³-hybridized carbons (Fsp3) is 0.533. The van der Waals surface area contributed by atoms with E-state index in [4.69, 9.17) is 5.11 Å². The molecule has 2 rings (SSSR count). The molecule has 0 atom stereocenters. The second-order valence-corrected chi connectivity index (χ2v) is 6.27. The minimum atomic E-state index is -0.199. The van der Waals surface area contributed by atoms with Crippen LogP contribution in [0.1, 0.15) is 37.7 Å². The van der Waals surface area contributed by atoms with Crippen LogP contribution in [0.25, 0.3) is 11.4 Å². The van der Waals surface area contributed by atoms with Gasteiger partial charge in [-0.05, 0) is 6.92 Å². The first kappa shape index (κ1) is 15.4. The number of aromatic amines is 1. The molecule has 2 aromatic rings. The van der Waals surface area contributed by atoms with Crippen LogP contribution in [0.15, 0.2) is 11.0 Å². The highest BCUT2D eigenvalue weighted by molar-refractivity contribution is 5.59. The van der Waals surface area contributed by atoms with E-state index in [9.17, 15) is 4.79 Å². The summed E-state index contributed by atoms with van der Waals surface area (Å²) in [5, 5.41) is 13.5. The van der Waals surface area contributed by atoms with E-state index in [1.807, 2.05) is 13.2 Å². The summed E-state index contributed by atoms with van der Waals surface area (Å²) in [6.45, 7) is 7.94. The smallest absolute Gasteiger partial charge is 0.254 e. The zero-order valence-electron chi connectivity index (χ0n) is 13.2. The Balaban J connectivity index is 2.61. The molecule has 0 amide bonds. The van der Waals surface area contributed by atoms with E-state index < -0.39 is 0 Å². The SMILES string of the molecule is Cc1nc(-c2cn(C)nc2C(C)(C)C)[nH]c(=O)c1CCO. The molecule has 0 saturated carbocycles. The summed E-state index contributed by atoms with van der Waals surface area (Å²) in [5.74, 6) is 0.525. The Morgan fingerprint density at radius 2 is 2.05 bits per heavy atom. The summed E-state index contributed by atoms with van der Waals surface area (Å²) in [4.78, 5) is 19.5. The van der Waals surface area contributed by atoms with Crippen molar-refractivity contribution < 1.29 is 5.11 Å². The number of rotatable bonds is 3. The van der Waals surface area contributed by atoms with Crippen molar-refractivity contribution in [1.29, 1.82) is 0 Å². The Hall–Kier alpha value is -1.95. The zero-order valence-corrected chi connectivity index (χ0v) is 13.2. The van der Waals surface area contributed by atoms with Gasteiger partial charge in [-0.25, -0.2) is 4.98 Å². The molecule has 0 radical (unpaired) electrons. The average molecular weight is 290 g/mol. The highest BCUT2D eigenvalue weighted by Crippen LogP contribution is 2.29. The van der Waals surface area contributed by atoms with Crippen molar-refractivity contribution in [2.75, 3.05) is 6.61 Å². The molecule has 6 nitrogen and oxygen atoms in total. The first-order valence-corrected chi connectivity index (χ1v) is 6.99. The third-order valence-corrected chi connectivity index (χ3v) is 3.38. The minimum Gasteiger partial charge on any atom is -0.396 e. The van der Waals surface area contributed by atoms with Crippen molar-refractivity contribution in [2.24, 2.45) is 7.05 Å². The molecule has 114 valence electrons. The number of aryl methyl sites for hydroxylation is 2. The zero-order chi connectivity index (χ0) is 15.8. The Labute approximate surface area is 123 Å². The first-order chi connectivity index (χ1) is 9.74. The summed E-state index contributed by atoms with van der Waals surface area (Å²) in [6.07, 6.45) is 2.18. The van der Waals surface area contributed by atoms with Gasteiger partial charge < -0.3 is 10.1 Å². The van der Waals surface area contributed by atoms with Crippen LogP contribution < -0.4 is 5.56 Å². The normalized spacial score (nSPS) is 11.9. The lowest BCUT2D eigenvalue weighted by atomic mass is 9.89. The molecule has 0 aliphatic carbocycles. The third kappa shape index (κ3) is 3.05. The molecular weight excluding hydrogens is 268 g/mol. The van der Waals surface area contributed by atoms with E-state index in [0.717, 1.165) is 11.3 Å². The number of aliphatic hydroxyl groups excluding tert-OH is 1. The second kappa shape index (κ2) is 5.44.